The van der Waals surface area contributed by atoms with Gasteiger partial charge in [0, 0.05) is 0 Å². The molecule has 0 spiro atoms. The van der Waals surface area contributed by atoms with Crippen molar-refractivity contribution in [3.05, 3.63) is 0 Å². The number of rotatable bonds is 1. The lowest BCUT2D eigenvalue weighted by atomic mass is 9.99. The van der Waals surface area contributed by atoms with Gasteiger partial charge in [0.1, 0.15) is 6.79 Å². The Morgan fingerprint density at radius 3 is 2.57 bits per heavy atom. The van der Waals surface area contributed by atoms with Gasteiger partial charge in [-0.3, -0.25) is 0 Å². The standard InChI is InChI=1S/C7H9F3O4/c1-6(5(11)12-2)4(7(8,9)10)13-3-14-6/h4H,3H2,1-2H3. The molecule has 0 radical (unpaired) electrons. The third-order valence-corrected chi connectivity index (χ3v) is 1.98. The maximum atomic E-state index is 12.3. The third-order valence-electron chi connectivity index (χ3n) is 1.98. The maximum Gasteiger partial charge on any atom is 0.418 e. The van der Waals surface area contributed by atoms with E-state index in [-0.39, 0.29) is 0 Å². The van der Waals surface area contributed by atoms with E-state index in [1.807, 2.05) is 0 Å². The monoisotopic (exact) mass is 214 g/mol. The first kappa shape index (κ1) is 11.3. The summed E-state index contributed by atoms with van der Waals surface area (Å²) in [6, 6.07) is 0. The van der Waals surface area contributed by atoms with E-state index in [4.69, 9.17) is 0 Å². The van der Waals surface area contributed by atoms with Crippen molar-refractivity contribution in [2.75, 3.05) is 13.9 Å². The van der Waals surface area contributed by atoms with E-state index in [0.717, 1.165) is 14.0 Å². The largest absolute Gasteiger partial charge is 0.467 e. The van der Waals surface area contributed by atoms with Crippen LogP contribution in [-0.2, 0) is 19.0 Å². The summed E-state index contributed by atoms with van der Waals surface area (Å²) in [4.78, 5) is 11.1. The second-order valence-electron chi connectivity index (χ2n) is 2.95. The highest BCUT2D eigenvalue weighted by atomic mass is 19.4. The van der Waals surface area contributed by atoms with Crippen molar-refractivity contribution in [1.82, 2.24) is 0 Å². The quantitative estimate of drug-likeness (QED) is 0.607. The van der Waals surface area contributed by atoms with Crippen LogP contribution in [0.2, 0.25) is 0 Å². The molecule has 7 heteroatoms. The van der Waals surface area contributed by atoms with E-state index < -0.39 is 30.6 Å². The van der Waals surface area contributed by atoms with Crippen molar-refractivity contribution in [3.63, 3.8) is 0 Å². The molecular weight excluding hydrogens is 205 g/mol. The molecule has 0 aromatic rings. The van der Waals surface area contributed by atoms with Crippen molar-refractivity contribution in [2.24, 2.45) is 0 Å². The van der Waals surface area contributed by atoms with Gasteiger partial charge >= 0.3 is 12.1 Å². The molecule has 2 atom stereocenters. The van der Waals surface area contributed by atoms with Gasteiger partial charge in [0.05, 0.1) is 7.11 Å². The summed E-state index contributed by atoms with van der Waals surface area (Å²) in [5.41, 5.74) is -2.10. The normalized spacial score (nSPS) is 33.1. The Balaban J connectivity index is 2.92. The number of ether oxygens (including phenoxy) is 3. The first-order valence-corrected chi connectivity index (χ1v) is 3.73. The van der Waals surface area contributed by atoms with Crippen LogP contribution in [0, 0.1) is 0 Å². The van der Waals surface area contributed by atoms with Gasteiger partial charge < -0.3 is 14.2 Å². The van der Waals surface area contributed by atoms with E-state index in [1.165, 1.54) is 0 Å². The van der Waals surface area contributed by atoms with Crippen LogP contribution in [0.15, 0.2) is 0 Å². The minimum absolute atomic E-state index is 0.574. The molecule has 0 amide bonds. The average molecular weight is 214 g/mol. The Kier molecular flexibility index (Phi) is 2.73. The fourth-order valence-corrected chi connectivity index (χ4v) is 1.23. The first-order valence-electron chi connectivity index (χ1n) is 3.73. The van der Waals surface area contributed by atoms with Gasteiger partial charge in [0.2, 0.25) is 0 Å². The Hall–Kier alpha value is -0.820. The highest BCUT2D eigenvalue weighted by molar-refractivity contribution is 5.80. The molecule has 1 aliphatic heterocycles. The molecule has 1 heterocycles. The third kappa shape index (κ3) is 1.69. The summed E-state index contributed by atoms with van der Waals surface area (Å²) in [6.07, 6.45) is -6.93. The highest BCUT2D eigenvalue weighted by Crippen LogP contribution is 2.37. The smallest absolute Gasteiger partial charge is 0.418 e. The summed E-state index contributed by atoms with van der Waals surface area (Å²) < 4.78 is 50.2. The molecule has 1 rings (SSSR count). The zero-order valence-electron chi connectivity index (χ0n) is 7.55. The molecule has 0 N–H and O–H groups in total. The van der Waals surface area contributed by atoms with Crippen molar-refractivity contribution in [2.45, 2.75) is 24.8 Å². The first-order chi connectivity index (χ1) is 6.32. The van der Waals surface area contributed by atoms with Crippen LogP contribution in [0.3, 0.4) is 0 Å². The van der Waals surface area contributed by atoms with Crippen LogP contribution in [0.5, 0.6) is 0 Å². The van der Waals surface area contributed by atoms with Gasteiger partial charge in [-0.1, -0.05) is 0 Å². The second-order valence-corrected chi connectivity index (χ2v) is 2.95. The molecule has 14 heavy (non-hydrogen) atoms. The van der Waals surface area contributed by atoms with Gasteiger partial charge in [-0.25, -0.2) is 4.79 Å². The van der Waals surface area contributed by atoms with Crippen LogP contribution < -0.4 is 0 Å². The molecule has 1 fully saturated rings. The minimum atomic E-state index is -4.65. The number of hydrogen-bond donors (Lipinski definition) is 0. The number of methoxy groups -OCH3 is 1. The number of carbonyl (C=O) groups is 1. The second kappa shape index (κ2) is 3.39. The van der Waals surface area contributed by atoms with Crippen molar-refractivity contribution >= 4 is 5.97 Å². The fourth-order valence-electron chi connectivity index (χ4n) is 1.23. The lowest BCUT2D eigenvalue weighted by Crippen LogP contribution is -2.52. The lowest BCUT2D eigenvalue weighted by Gasteiger charge is -2.26. The molecule has 4 nitrogen and oxygen atoms in total. The van der Waals surface area contributed by atoms with Crippen LogP contribution in [0.1, 0.15) is 6.92 Å². The predicted octanol–water partition coefficient (Wildman–Crippen LogP) is 0.853. The van der Waals surface area contributed by atoms with Gasteiger partial charge in [-0.15, -0.1) is 0 Å². The number of halogens is 3. The maximum absolute atomic E-state index is 12.3. The summed E-state index contributed by atoms with van der Waals surface area (Å²) in [5, 5.41) is 0. The van der Waals surface area contributed by atoms with Gasteiger partial charge in [0.25, 0.3) is 0 Å². The number of carbonyl (C=O) groups excluding carboxylic acids is 1. The predicted molar refractivity (Wildman–Crippen MR) is 37.3 cm³/mol. The summed E-state index contributed by atoms with van der Waals surface area (Å²) in [6.45, 7) is 0.416. The van der Waals surface area contributed by atoms with Crippen molar-refractivity contribution < 1.29 is 32.2 Å². The molecule has 1 aliphatic rings. The molecule has 1 saturated heterocycles. The number of hydrogen-bond acceptors (Lipinski definition) is 4. The molecule has 0 aromatic heterocycles. The molecule has 82 valence electrons. The summed E-state index contributed by atoms with van der Waals surface area (Å²) in [5.74, 6) is -1.10. The fraction of sp³-hybridized carbons (Fsp3) is 0.857. The summed E-state index contributed by atoms with van der Waals surface area (Å²) >= 11 is 0. The number of esters is 1. The van der Waals surface area contributed by atoms with E-state index in [2.05, 4.69) is 14.2 Å². The van der Waals surface area contributed by atoms with Crippen LogP contribution >= 0.6 is 0 Å². The number of alkyl halides is 3. The van der Waals surface area contributed by atoms with Crippen LogP contribution in [-0.4, -0.2) is 37.8 Å². The average Bonchev–Trinajstić information content (AvgIpc) is 2.46. The highest BCUT2D eigenvalue weighted by Gasteiger charge is 2.61. The van der Waals surface area contributed by atoms with E-state index >= 15 is 0 Å². The van der Waals surface area contributed by atoms with E-state index in [9.17, 15) is 18.0 Å². The Bertz CT molecular complexity index is 240. The molecule has 2 unspecified atom stereocenters. The Labute approximate surface area is 77.9 Å². The SMILES string of the molecule is COC(=O)C1(C)OCOC1C(F)(F)F. The van der Waals surface area contributed by atoms with Crippen LogP contribution in [0.4, 0.5) is 13.2 Å². The molecular formula is C7H9F3O4. The minimum Gasteiger partial charge on any atom is -0.467 e. The molecule has 0 saturated carbocycles. The zero-order chi connectivity index (χ0) is 11.0. The van der Waals surface area contributed by atoms with Crippen molar-refractivity contribution in [1.29, 1.82) is 0 Å². The van der Waals surface area contributed by atoms with Gasteiger partial charge in [-0.05, 0) is 6.92 Å². The van der Waals surface area contributed by atoms with Gasteiger partial charge in [0.15, 0.2) is 11.7 Å². The van der Waals surface area contributed by atoms with Gasteiger partial charge in [-0.2, -0.15) is 13.2 Å². The van der Waals surface area contributed by atoms with E-state index in [1.54, 1.807) is 0 Å². The molecule has 0 bridgehead atoms. The van der Waals surface area contributed by atoms with Crippen molar-refractivity contribution in [3.8, 4) is 0 Å². The van der Waals surface area contributed by atoms with E-state index in [0.29, 0.717) is 0 Å². The zero-order valence-corrected chi connectivity index (χ0v) is 7.55. The van der Waals surface area contributed by atoms with Crippen LogP contribution in [0.25, 0.3) is 0 Å². The molecule has 0 aromatic carbocycles. The topological polar surface area (TPSA) is 44.8 Å². The summed E-state index contributed by atoms with van der Waals surface area (Å²) in [7, 11) is 0.989. The Morgan fingerprint density at radius 2 is 2.14 bits per heavy atom. The lowest BCUT2D eigenvalue weighted by molar-refractivity contribution is -0.226. The molecule has 0 aliphatic carbocycles. The Morgan fingerprint density at radius 1 is 1.57 bits per heavy atom.